The van der Waals surface area contributed by atoms with Gasteiger partial charge in [0.05, 0.1) is 55.2 Å². The summed E-state index contributed by atoms with van der Waals surface area (Å²) < 4.78 is 12.0. The van der Waals surface area contributed by atoms with E-state index in [0.717, 1.165) is 108 Å². The Hall–Kier alpha value is -19.7. The lowest BCUT2D eigenvalue weighted by molar-refractivity contribution is 1.13. The lowest BCUT2D eigenvalue weighted by Crippen LogP contribution is -2.09. The van der Waals surface area contributed by atoms with Crippen molar-refractivity contribution in [1.29, 1.82) is 0 Å². The van der Waals surface area contributed by atoms with Crippen LogP contribution in [-0.4, -0.2) is 22.8 Å². The van der Waals surface area contributed by atoms with E-state index in [1.165, 1.54) is 120 Å². The molecule has 0 saturated heterocycles. The molecule has 0 aliphatic carbocycles. The van der Waals surface area contributed by atoms with Gasteiger partial charge in [-0.2, -0.15) is 0 Å². The highest BCUT2D eigenvalue weighted by atomic mass is 15.2. The van der Waals surface area contributed by atoms with Gasteiger partial charge < -0.3 is 42.4 Å². The summed E-state index contributed by atoms with van der Waals surface area (Å²) in [7, 11) is 0. The topological polar surface area (TPSA) is 37.6 Å². The minimum atomic E-state index is 1.10. The van der Waals surface area contributed by atoms with E-state index in [1.807, 2.05) is 0 Å². The molecule has 0 fully saturated rings. The molecule has 0 amide bonds. The van der Waals surface area contributed by atoms with Gasteiger partial charge in [0, 0.05) is 151 Å². The van der Waals surface area contributed by atoms with E-state index in [9.17, 15) is 0 Å². The quantitative estimate of drug-likeness (QED) is 0.0809. The average molecular weight is 1880 g/mol. The van der Waals surface area contributed by atoms with Crippen molar-refractivity contribution in [1.82, 2.24) is 22.8 Å². The minimum Gasteiger partial charge on any atom is -0.310 e. The van der Waals surface area contributed by atoms with E-state index in [0.29, 0.717) is 0 Å². The Morgan fingerprint density at radius 2 is 0.265 bits per heavy atom. The van der Waals surface area contributed by atoms with Crippen LogP contribution in [0.15, 0.2) is 588 Å². The Morgan fingerprint density at radius 3 is 0.497 bits per heavy atom. The molecule has 5 aromatic heterocycles. The summed E-state index contributed by atoms with van der Waals surface area (Å²) in [6.07, 6.45) is 0. The molecule has 0 unspecified atom stereocenters. The summed E-state index contributed by atoms with van der Waals surface area (Å²) in [6, 6.07) is 211. The van der Waals surface area contributed by atoms with Crippen molar-refractivity contribution >= 4 is 177 Å². The summed E-state index contributed by atoms with van der Waals surface area (Å²) in [5, 5.41) is 12.3. The smallest absolute Gasteiger partial charge is 0.0542 e. The van der Waals surface area contributed by atoms with Gasteiger partial charge in [-0.15, -0.1) is 0 Å². The molecule has 147 heavy (non-hydrogen) atoms. The summed E-state index contributed by atoms with van der Waals surface area (Å²) in [5.41, 5.74) is 35.7. The molecule has 0 radical (unpaired) electrons. The first-order chi connectivity index (χ1) is 73.0. The number of hydrogen-bond acceptors (Lipinski definition) is 4. The van der Waals surface area contributed by atoms with E-state index < -0.39 is 0 Å². The van der Waals surface area contributed by atoms with Gasteiger partial charge in [-0.1, -0.05) is 328 Å². The molecular formula is C138H97N9. The number of fused-ring (bicyclic) bond motifs is 15. The molecule has 9 heteroatoms. The number of rotatable bonds is 19. The molecule has 9 nitrogen and oxygen atoms in total. The number of para-hydroxylation sites is 15. The van der Waals surface area contributed by atoms with Crippen LogP contribution in [0.3, 0.4) is 0 Å². The van der Waals surface area contributed by atoms with Gasteiger partial charge in [0.1, 0.15) is 0 Å². The lowest BCUT2D eigenvalue weighted by Gasteiger charge is -2.26. The third kappa shape index (κ3) is 16.3. The SMILES string of the molecule is c1ccc(-c2ccc(-n3c4ccc(N(c5ccccc5)c5ccccc5)cc4c4cc(N(c5ccccc5)c5ccccc5)ccc43)cc2)cc1.c1ccc(N(c2ccccc2)c2ccc3c(c2)c2cc(N(c4ccccc4)c4ccccc4)ccc2n3-c2ccccc2)cc1.c1ccc2c(c1)c1ccccc1n2-c1ccc(-c2cc(-n3c4ccccc4c4ccccc43)cc(-n3c4ccccc4c4ccccc43)c2)cc1. The standard InChI is InChI=1S/C48H31N3.C48H35N3.C42H31N3/c1-7-19-43-37(13-1)38-14-2-8-20-44(38)49(43)34-27-25-32(26-28-34)33-29-35(50-45-21-9-3-15-39(45)40-16-4-10-22-46(40)50)31-36(30-33)51-47-23-11-5-17-41(47)42-18-6-12-24-48(42)51;1-6-16-36(17-7-1)37-26-28-42(29-27-37)51-47-32-30-43(49(38-18-8-2-9-19-38)39-20-10-3-11-21-39)34-45(47)46-35-44(31-33-48(46)51)50(40-22-12-4-13-23-40)41-24-14-5-15-25-41;1-6-16-32(17-7-1)43(33-18-8-2-9-19-33)37-26-28-41-39(30-37)40-31-38(27-29-42(40)45(41)36-24-14-5-15-25-36)44(34-20-10-3-11-21-34)35-22-12-4-13-23-35/h1-31H;1-35H;1-31H. The van der Waals surface area contributed by atoms with Crippen molar-refractivity contribution < 1.29 is 0 Å². The number of hydrogen-bond donors (Lipinski definition) is 0. The largest absolute Gasteiger partial charge is 0.310 e. The van der Waals surface area contributed by atoms with E-state index in [4.69, 9.17) is 0 Å². The van der Waals surface area contributed by atoms with Crippen molar-refractivity contribution in [2.75, 3.05) is 19.6 Å². The van der Waals surface area contributed by atoms with Crippen LogP contribution in [0, 0.1) is 0 Å². The molecule has 0 bridgehead atoms. The monoisotopic (exact) mass is 1880 g/mol. The number of nitrogens with zero attached hydrogens (tertiary/aromatic N) is 9. The summed E-state index contributed by atoms with van der Waals surface area (Å²) >= 11 is 0. The van der Waals surface area contributed by atoms with Gasteiger partial charge >= 0.3 is 0 Å². The zero-order valence-electron chi connectivity index (χ0n) is 80.5. The van der Waals surface area contributed by atoms with E-state index in [-0.39, 0.29) is 0 Å². The van der Waals surface area contributed by atoms with E-state index >= 15 is 0 Å². The fourth-order valence-electron chi connectivity index (χ4n) is 22.0. The average Bonchev–Trinajstić information content (AvgIpc) is 1.58. The van der Waals surface area contributed by atoms with Gasteiger partial charge in [-0.05, 0) is 283 Å². The number of benzene rings is 23. The summed E-state index contributed by atoms with van der Waals surface area (Å²) in [5.74, 6) is 0. The second kappa shape index (κ2) is 38.4. The highest BCUT2D eigenvalue weighted by Crippen LogP contribution is 2.49. The molecule has 694 valence electrons. The minimum absolute atomic E-state index is 1.10. The Bertz CT molecular complexity index is 8900. The van der Waals surface area contributed by atoms with E-state index in [1.54, 1.807) is 0 Å². The predicted molar refractivity (Wildman–Crippen MR) is 621 cm³/mol. The molecule has 0 aliphatic heterocycles. The maximum Gasteiger partial charge on any atom is 0.0542 e. The summed E-state index contributed by atoms with van der Waals surface area (Å²) in [4.78, 5) is 9.33. The maximum absolute atomic E-state index is 2.43. The highest BCUT2D eigenvalue weighted by Gasteiger charge is 2.26. The first kappa shape index (κ1) is 87.5. The van der Waals surface area contributed by atoms with Crippen LogP contribution in [0.25, 0.3) is 160 Å². The van der Waals surface area contributed by atoms with Crippen LogP contribution in [0.1, 0.15) is 0 Å². The molecule has 0 N–H and O–H groups in total. The third-order valence-corrected chi connectivity index (χ3v) is 28.5. The summed E-state index contributed by atoms with van der Waals surface area (Å²) in [6.45, 7) is 0. The number of anilines is 12. The second-order valence-corrected chi connectivity index (χ2v) is 37.1. The molecular weight excluding hydrogens is 1780 g/mol. The van der Waals surface area contributed by atoms with Gasteiger partial charge in [-0.25, -0.2) is 0 Å². The fourth-order valence-corrected chi connectivity index (χ4v) is 22.0. The Labute approximate surface area is 852 Å². The molecule has 0 saturated carbocycles. The van der Waals surface area contributed by atoms with Crippen LogP contribution in [0.5, 0.6) is 0 Å². The molecule has 28 rings (SSSR count). The van der Waals surface area contributed by atoms with Crippen LogP contribution >= 0.6 is 0 Å². The molecule has 28 aromatic rings. The van der Waals surface area contributed by atoms with Gasteiger partial charge in [0.2, 0.25) is 0 Å². The van der Waals surface area contributed by atoms with Crippen molar-refractivity contribution in [3.63, 3.8) is 0 Å². The predicted octanol–water partition coefficient (Wildman–Crippen LogP) is 37.8. The zero-order chi connectivity index (χ0) is 97.5. The Kier molecular flexibility index (Phi) is 22.8. The van der Waals surface area contributed by atoms with Crippen LogP contribution in [-0.2, 0) is 0 Å². The van der Waals surface area contributed by atoms with Crippen molar-refractivity contribution in [3.05, 3.63) is 588 Å². The second-order valence-electron chi connectivity index (χ2n) is 37.1. The van der Waals surface area contributed by atoms with Crippen LogP contribution in [0.2, 0.25) is 0 Å². The number of aromatic nitrogens is 5. The van der Waals surface area contributed by atoms with Gasteiger partial charge in [-0.3, -0.25) is 0 Å². The first-order valence-corrected chi connectivity index (χ1v) is 50.2. The van der Waals surface area contributed by atoms with Crippen molar-refractivity contribution in [2.45, 2.75) is 0 Å². The fraction of sp³-hybridized carbons (Fsp3) is 0. The highest BCUT2D eigenvalue weighted by molar-refractivity contribution is 6.16. The molecule has 0 spiro atoms. The van der Waals surface area contributed by atoms with Crippen LogP contribution in [0.4, 0.5) is 68.2 Å². The molecule has 5 heterocycles. The van der Waals surface area contributed by atoms with Gasteiger partial charge in [0.15, 0.2) is 0 Å². The van der Waals surface area contributed by atoms with Crippen LogP contribution < -0.4 is 19.6 Å². The van der Waals surface area contributed by atoms with Gasteiger partial charge in [0.25, 0.3) is 0 Å². The first-order valence-electron chi connectivity index (χ1n) is 50.2. The molecule has 0 atom stereocenters. The molecule has 23 aromatic carbocycles. The third-order valence-electron chi connectivity index (χ3n) is 28.5. The zero-order valence-corrected chi connectivity index (χ0v) is 80.5. The van der Waals surface area contributed by atoms with Crippen molar-refractivity contribution in [2.24, 2.45) is 0 Å². The molecule has 0 aliphatic rings. The van der Waals surface area contributed by atoms with Crippen molar-refractivity contribution in [3.8, 4) is 50.7 Å². The lowest BCUT2D eigenvalue weighted by atomic mass is 10.0. The maximum atomic E-state index is 2.43. The normalized spacial score (nSPS) is 11.4. The Morgan fingerprint density at radius 1 is 0.0952 bits per heavy atom. The van der Waals surface area contributed by atoms with E-state index in [2.05, 4.69) is 631 Å². The Balaban J connectivity index is 0.000000112.